The molecule has 0 saturated heterocycles. The minimum atomic E-state index is -1.17. The molecule has 0 radical (unpaired) electrons. The number of nitrogens with two attached hydrogens (primary N) is 1. The highest BCUT2D eigenvalue weighted by molar-refractivity contribution is 6.30. The molecule has 24 heavy (non-hydrogen) atoms. The van der Waals surface area contributed by atoms with Crippen LogP contribution in [0.15, 0.2) is 30.3 Å². The van der Waals surface area contributed by atoms with E-state index in [1.165, 1.54) is 6.07 Å². The Morgan fingerprint density at radius 1 is 1.25 bits per heavy atom. The molecular weight excluding hydrogens is 334 g/mol. The van der Waals surface area contributed by atoms with Crippen LogP contribution >= 0.6 is 11.6 Å². The maximum Gasteiger partial charge on any atom is 0.339 e. The normalized spacial score (nSPS) is 12.0. The number of para-hydroxylation sites is 1. The summed E-state index contributed by atoms with van der Waals surface area (Å²) >= 11 is 5.94. The lowest BCUT2D eigenvalue weighted by Crippen LogP contribution is -2.45. The number of amides is 3. The molecule has 126 valence electrons. The first kappa shape index (κ1) is 17.7. The molecule has 3 N–H and O–H groups in total. The van der Waals surface area contributed by atoms with Crippen LogP contribution in [0, 0.1) is 5.92 Å². The quantitative estimate of drug-likeness (QED) is 0.649. The molecule has 1 aromatic carbocycles. The van der Waals surface area contributed by atoms with Crippen LogP contribution in [-0.4, -0.2) is 29.0 Å². The fraction of sp³-hybridized carbons (Fsp3) is 0.250. The molecule has 0 unspecified atom stereocenters. The van der Waals surface area contributed by atoms with E-state index >= 15 is 0 Å². The molecule has 3 amide bonds. The molecule has 0 saturated carbocycles. The summed E-state index contributed by atoms with van der Waals surface area (Å²) in [6.45, 7) is 3.35. The second-order valence-electron chi connectivity index (χ2n) is 5.43. The van der Waals surface area contributed by atoms with Crippen molar-refractivity contribution in [2.24, 2.45) is 11.7 Å². The van der Waals surface area contributed by atoms with Crippen LogP contribution in [0.4, 0.5) is 4.79 Å². The molecule has 0 fully saturated rings. The summed E-state index contributed by atoms with van der Waals surface area (Å²) in [5.41, 5.74) is 5.64. The van der Waals surface area contributed by atoms with Gasteiger partial charge in [0.2, 0.25) is 0 Å². The van der Waals surface area contributed by atoms with E-state index in [-0.39, 0.29) is 16.6 Å². The molecule has 1 atom stereocenters. The van der Waals surface area contributed by atoms with Gasteiger partial charge < -0.3 is 10.5 Å². The summed E-state index contributed by atoms with van der Waals surface area (Å²) in [5, 5.41) is 2.59. The predicted octanol–water partition coefficient (Wildman–Crippen LogP) is 2.26. The molecule has 1 aromatic heterocycles. The third-order valence-corrected chi connectivity index (χ3v) is 3.44. The molecule has 0 bridgehead atoms. The summed E-state index contributed by atoms with van der Waals surface area (Å²) in [7, 11) is 0. The van der Waals surface area contributed by atoms with Crippen molar-refractivity contribution < 1.29 is 19.1 Å². The predicted molar refractivity (Wildman–Crippen MR) is 88.5 cm³/mol. The number of nitrogens with one attached hydrogen (secondary N) is 1. The lowest BCUT2D eigenvalue weighted by molar-refractivity contribution is -0.130. The Labute approximate surface area is 143 Å². The summed E-state index contributed by atoms with van der Waals surface area (Å²) in [4.78, 5) is 39.4. The lowest BCUT2D eigenvalue weighted by Gasteiger charge is -2.20. The number of ether oxygens (including phenoxy) is 1. The number of halogens is 1. The van der Waals surface area contributed by atoms with Crippen LogP contribution in [0.3, 0.4) is 0 Å². The fourth-order valence-corrected chi connectivity index (χ4v) is 2.38. The van der Waals surface area contributed by atoms with Gasteiger partial charge in [0.05, 0.1) is 11.1 Å². The van der Waals surface area contributed by atoms with Crippen molar-refractivity contribution in [3.8, 4) is 0 Å². The minimum absolute atomic E-state index is 0.128. The number of imide groups is 1. The molecule has 8 heteroatoms. The molecular formula is C16H16ClN3O4. The van der Waals surface area contributed by atoms with Gasteiger partial charge in [-0.1, -0.05) is 43.6 Å². The molecule has 7 nitrogen and oxygen atoms in total. The number of aromatic nitrogens is 1. The number of fused-ring (bicyclic) bond motifs is 1. The summed E-state index contributed by atoms with van der Waals surface area (Å²) < 4.78 is 5.28. The summed E-state index contributed by atoms with van der Waals surface area (Å²) in [6.07, 6.45) is -1.17. The van der Waals surface area contributed by atoms with Gasteiger partial charge >= 0.3 is 12.0 Å². The minimum Gasteiger partial charge on any atom is -0.448 e. The first-order chi connectivity index (χ1) is 11.3. The number of carbonyl (C=O) groups is 3. The third kappa shape index (κ3) is 3.99. The van der Waals surface area contributed by atoms with E-state index in [2.05, 4.69) is 4.98 Å². The van der Waals surface area contributed by atoms with Crippen molar-refractivity contribution >= 4 is 40.4 Å². The van der Waals surface area contributed by atoms with Crippen molar-refractivity contribution in [2.45, 2.75) is 20.0 Å². The zero-order chi connectivity index (χ0) is 17.9. The monoisotopic (exact) mass is 349 g/mol. The summed E-state index contributed by atoms with van der Waals surface area (Å²) in [5.74, 6) is -1.89. The zero-order valence-corrected chi connectivity index (χ0v) is 13.8. The second-order valence-corrected chi connectivity index (χ2v) is 5.82. The van der Waals surface area contributed by atoms with Crippen molar-refractivity contribution in [3.05, 3.63) is 41.0 Å². The Balaban J connectivity index is 2.34. The van der Waals surface area contributed by atoms with Gasteiger partial charge in [-0.3, -0.25) is 10.1 Å². The zero-order valence-electron chi connectivity index (χ0n) is 13.1. The number of carbonyl (C=O) groups excluding carboxylic acids is 3. The Bertz CT molecular complexity index is 807. The van der Waals surface area contributed by atoms with Crippen molar-refractivity contribution in [1.82, 2.24) is 10.3 Å². The van der Waals surface area contributed by atoms with Crippen molar-refractivity contribution in [2.75, 3.05) is 0 Å². The maximum atomic E-state index is 12.5. The Hall–Kier alpha value is -2.67. The van der Waals surface area contributed by atoms with Crippen LogP contribution in [0.2, 0.25) is 5.15 Å². The first-order valence-electron chi connectivity index (χ1n) is 7.16. The Morgan fingerprint density at radius 3 is 2.54 bits per heavy atom. The SMILES string of the molecule is CC(C)[C@@H](OC(=O)c1cc(Cl)nc2ccccc12)C(=O)NC(N)=O. The smallest absolute Gasteiger partial charge is 0.339 e. The number of hydrogen-bond acceptors (Lipinski definition) is 5. The topological polar surface area (TPSA) is 111 Å². The van der Waals surface area contributed by atoms with Gasteiger partial charge in [-0.25, -0.2) is 14.6 Å². The molecule has 0 spiro atoms. The van der Waals surface area contributed by atoms with E-state index in [1.54, 1.807) is 38.1 Å². The van der Waals surface area contributed by atoms with E-state index in [1.807, 2.05) is 5.32 Å². The van der Waals surface area contributed by atoms with Gasteiger partial charge in [0.25, 0.3) is 5.91 Å². The van der Waals surface area contributed by atoms with E-state index < -0.39 is 24.0 Å². The molecule has 1 heterocycles. The van der Waals surface area contributed by atoms with Gasteiger partial charge in [0, 0.05) is 5.39 Å². The van der Waals surface area contributed by atoms with E-state index in [4.69, 9.17) is 22.1 Å². The van der Waals surface area contributed by atoms with E-state index in [0.717, 1.165) is 0 Å². The molecule has 0 aliphatic heterocycles. The number of nitrogens with zero attached hydrogens (tertiary/aromatic N) is 1. The third-order valence-electron chi connectivity index (χ3n) is 3.25. The number of pyridine rings is 1. The van der Waals surface area contributed by atoms with Crippen LogP contribution < -0.4 is 11.1 Å². The largest absolute Gasteiger partial charge is 0.448 e. The Morgan fingerprint density at radius 2 is 1.92 bits per heavy atom. The van der Waals surface area contributed by atoms with Crippen LogP contribution in [0.25, 0.3) is 10.9 Å². The average Bonchev–Trinajstić information content (AvgIpc) is 2.50. The van der Waals surface area contributed by atoms with Gasteiger partial charge in [-0.15, -0.1) is 0 Å². The van der Waals surface area contributed by atoms with E-state index in [0.29, 0.717) is 10.9 Å². The Kier molecular flexibility index (Phi) is 5.35. The average molecular weight is 350 g/mol. The first-order valence-corrected chi connectivity index (χ1v) is 7.54. The molecule has 0 aliphatic carbocycles. The number of esters is 1. The number of benzene rings is 1. The highest BCUT2D eigenvalue weighted by atomic mass is 35.5. The highest BCUT2D eigenvalue weighted by Crippen LogP contribution is 2.22. The van der Waals surface area contributed by atoms with E-state index in [9.17, 15) is 14.4 Å². The van der Waals surface area contributed by atoms with Crippen LogP contribution in [0.1, 0.15) is 24.2 Å². The second kappa shape index (κ2) is 7.27. The van der Waals surface area contributed by atoms with Gasteiger partial charge in [0.15, 0.2) is 6.10 Å². The number of primary amides is 1. The van der Waals surface area contributed by atoms with Crippen LogP contribution in [0.5, 0.6) is 0 Å². The molecule has 2 aromatic rings. The molecule has 0 aliphatic rings. The van der Waals surface area contributed by atoms with Crippen molar-refractivity contribution in [1.29, 1.82) is 0 Å². The highest BCUT2D eigenvalue weighted by Gasteiger charge is 2.28. The van der Waals surface area contributed by atoms with Crippen LogP contribution in [-0.2, 0) is 9.53 Å². The molecule has 2 rings (SSSR count). The van der Waals surface area contributed by atoms with Crippen molar-refractivity contribution in [3.63, 3.8) is 0 Å². The van der Waals surface area contributed by atoms with Gasteiger partial charge in [0.1, 0.15) is 5.15 Å². The summed E-state index contributed by atoms with van der Waals surface area (Å²) in [6, 6.07) is 7.27. The number of urea groups is 1. The van der Waals surface area contributed by atoms with Gasteiger partial charge in [-0.2, -0.15) is 0 Å². The fourth-order valence-electron chi connectivity index (χ4n) is 2.18. The standard InChI is InChI=1S/C16H16ClN3O4/c1-8(2)13(14(21)20-16(18)23)24-15(22)10-7-12(17)19-11-6-4-3-5-9(10)11/h3-8,13H,1-2H3,(H3,18,20,21,23)/t13-/m1/s1. The number of rotatable bonds is 4. The lowest BCUT2D eigenvalue weighted by atomic mass is 10.1. The maximum absolute atomic E-state index is 12.5. The number of hydrogen-bond donors (Lipinski definition) is 2. The van der Waals surface area contributed by atoms with Gasteiger partial charge in [-0.05, 0) is 18.1 Å².